The molecule has 6 heteroatoms. The van der Waals surface area contributed by atoms with E-state index in [9.17, 15) is 9.59 Å². The lowest BCUT2D eigenvalue weighted by Crippen LogP contribution is -2.32. The number of ether oxygens (including phenoxy) is 1. The second kappa shape index (κ2) is 9.58. The van der Waals surface area contributed by atoms with Crippen molar-refractivity contribution in [3.8, 4) is 0 Å². The Balaban J connectivity index is 1.72. The number of carbonyl (C=O) groups excluding carboxylic acids is 2. The number of carbonyl (C=O) groups is 2. The molecule has 27 heavy (non-hydrogen) atoms. The molecular formula is C21H24N2O3S. The fraction of sp³-hybridized carbons (Fsp3) is 0.333. The second-order valence-electron chi connectivity index (χ2n) is 6.27. The third-order valence-electron chi connectivity index (χ3n) is 4.37. The van der Waals surface area contributed by atoms with Crippen molar-refractivity contribution >= 4 is 29.3 Å². The first kappa shape index (κ1) is 19.5. The van der Waals surface area contributed by atoms with Crippen LogP contribution in [0.2, 0.25) is 0 Å². The molecule has 5 nitrogen and oxygen atoms in total. The summed E-state index contributed by atoms with van der Waals surface area (Å²) in [6.07, 6.45) is 2.07. The van der Waals surface area contributed by atoms with E-state index in [-0.39, 0.29) is 17.9 Å². The first-order valence-electron chi connectivity index (χ1n) is 9.21. The smallest absolute Gasteiger partial charge is 0.256 e. The monoisotopic (exact) mass is 384 g/mol. The van der Waals surface area contributed by atoms with E-state index >= 15 is 0 Å². The lowest BCUT2D eigenvalue weighted by atomic mass is 10.1. The number of hydrogen-bond donors (Lipinski definition) is 2. The van der Waals surface area contributed by atoms with Crippen LogP contribution in [0.25, 0.3) is 0 Å². The summed E-state index contributed by atoms with van der Waals surface area (Å²) in [5, 5.41) is 5.80. The highest BCUT2D eigenvalue weighted by molar-refractivity contribution is 7.99. The minimum Gasteiger partial charge on any atom is -0.376 e. The lowest BCUT2D eigenvalue weighted by Gasteiger charge is -2.14. The van der Waals surface area contributed by atoms with Crippen LogP contribution in [-0.2, 0) is 4.74 Å². The molecule has 0 saturated carbocycles. The Morgan fingerprint density at radius 2 is 1.81 bits per heavy atom. The normalized spacial score (nSPS) is 16.1. The van der Waals surface area contributed by atoms with E-state index in [0.717, 1.165) is 30.1 Å². The van der Waals surface area contributed by atoms with Crippen LogP contribution in [-0.4, -0.2) is 36.8 Å². The Hall–Kier alpha value is -2.31. The first-order valence-corrected chi connectivity index (χ1v) is 10.2. The van der Waals surface area contributed by atoms with Gasteiger partial charge in [-0.25, -0.2) is 0 Å². The molecule has 0 aliphatic carbocycles. The van der Waals surface area contributed by atoms with Gasteiger partial charge in [0.25, 0.3) is 11.8 Å². The summed E-state index contributed by atoms with van der Waals surface area (Å²) >= 11 is 1.62. The van der Waals surface area contributed by atoms with Crippen LogP contribution in [0.15, 0.2) is 53.4 Å². The third-order valence-corrected chi connectivity index (χ3v) is 5.32. The van der Waals surface area contributed by atoms with Gasteiger partial charge >= 0.3 is 0 Å². The molecule has 1 atom stereocenters. The number of anilines is 1. The van der Waals surface area contributed by atoms with Crippen LogP contribution in [0.1, 0.15) is 40.5 Å². The van der Waals surface area contributed by atoms with E-state index in [0.29, 0.717) is 23.4 Å². The molecule has 2 aromatic carbocycles. The van der Waals surface area contributed by atoms with Crippen molar-refractivity contribution in [1.82, 2.24) is 5.32 Å². The van der Waals surface area contributed by atoms with Gasteiger partial charge < -0.3 is 15.4 Å². The van der Waals surface area contributed by atoms with Gasteiger partial charge in [0, 0.05) is 18.0 Å². The average Bonchev–Trinajstić information content (AvgIpc) is 3.21. The zero-order valence-corrected chi connectivity index (χ0v) is 16.2. The summed E-state index contributed by atoms with van der Waals surface area (Å²) < 4.78 is 5.54. The van der Waals surface area contributed by atoms with E-state index in [4.69, 9.17) is 4.74 Å². The van der Waals surface area contributed by atoms with Gasteiger partial charge in [0.05, 0.1) is 22.9 Å². The number of thioether (sulfide) groups is 1. The molecule has 142 valence electrons. The molecule has 0 spiro atoms. The zero-order chi connectivity index (χ0) is 19.1. The van der Waals surface area contributed by atoms with E-state index in [1.165, 1.54) is 0 Å². The summed E-state index contributed by atoms with van der Waals surface area (Å²) in [6, 6.07) is 14.5. The summed E-state index contributed by atoms with van der Waals surface area (Å²) in [4.78, 5) is 26.3. The van der Waals surface area contributed by atoms with Crippen molar-refractivity contribution < 1.29 is 14.3 Å². The van der Waals surface area contributed by atoms with Crippen LogP contribution < -0.4 is 10.6 Å². The molecule has 1 unspecified atom stereocenters. The maximum atomic E-state index is 12.8. The molecule has 1 fully saturated rings. The van der Waals surface area contributed by atoms with Crippen LogP contribution in [0.3, 0.4) is 0 Å². The molecule has 0 bridgehead atoms. The summed E-state index contributed by atoms with van der Waals surface area (Å²) in [6.45, 7) is 3.28. The minimum absolute atomic E-state index is 0.0775. The summed E-state index contributed by atoms with van der Waals surface area (Å²) in [5.41, 5.74) is 1.56. The number of nitrogens with one attached hydrogen (secondary N) is 2. The molecule has 1 heterocycles. The number of rotatable bonds is 7. The Kier molecular flexibility index (Phi) is 6.90. The van der Waals surface area contributed by atoms with Crippen LogP contribution >= 0.6 is 11.8 Å². The van der Waals surface area contributed by atoms with E-state index in [1.807, 2.05) is 25.1 Å². The summed E-state index contributed by atoms with van der Waals surface area (Å²) in [5.74, 6) is 0.454. The van der Waals surface area contributed by atoms with Crippen molar-refractivity contribution in [2.24, 2.45) is 0 Å². The highest BCUT2D eigenvalue weighted by atomic mass is 32.2. The molecule has 3 rings (SSSR count). The van der Waals surface area contributed by atoms with Crippen molar-refractivity contribution in [2.45, 2.75) is 30.8 Å². The molecule has 0 aromatic heterocycles. The SMILES string of the molecule is CCSc1ccccc1C(=O)Nc1ccccc1C(=O)NCC1CCCO1. The fourth-order valence-electron chi connectivity index (χ4n) is 3.02. The minimum atomic E-state index is -0.217. The Bertz CT molecular complexity index is 804. The number of amides is 2. The molecule has 2 aromatic rings. The molecule has 1 saturated heterocycles. The molecule has 0 radical (unpaired) electrons. The Morgan fingerprint density at radius 1 is 1.07 bits per heavy atom. The molecule has 1 aliphatic rings. The predicted octanol–water partition coefficient (Wildman–Crippen LogP) is 3.96. The second-order valence-corrected chi connectivity index (χ2v) is 7.58. The van der Waals surface area contributed by atoms with Crippen LogP contribution in [0.4, 0.5) is 5.69 Å². The van der Waals surface area contributed by atoms with E-state index < -0.39 is 0 Å². The van der Waals surface area contributed by atoms with Crippen molar-refractivity contribution in [2.75, 3.05) is 24.2 Å². The van der Waals surface area contributed by atoms with Gasteiger partial charge in [-0.2, -0.15) is 0 Å². The Labute approximate surface area is 163 Å². The number of para-hydroxylation sites is 1. The van der Waals surface area contributed by atoms with Crippen LogP contribution in [0, 0.1) is 0 Å². The van der Waals surface area contributed by atoms with Crippen molar-refractivity contribution in [3.63, 3.8) is 0 Å². The maximum Gasteiger partial charge on any atom is 0.256 e. The fourth-order valence-corrected chi connectivity index (χ4v) is 3.82. The Morgan fingerprint density at radius 3 is 2.56 bits per heavy atom. The van der Waals surface area contributed by atoms with Gasteiger partial charge in [0.2, 0.25) is 0 Å². The summed E-state index contributed by atoms with van der Waals surface area (Å²) in [7, 11) is 0. The van der Waals surface area contributed by atoms with E-state index in [2.05, 4.69) is 10.6 Å². The van der Waals surface area contributed by atoms with Crippen molar-refractivity contribution in [1.29, 1.82) is 0 Å². The molecule has 2 N–H and O–H groups in total. The van der Waals surface area contributed by atoms with Gasteiger partial charge in [-0.15, -0.1) is 11.8 Å². The topological polar surface area (TPSA) is 67.4 Å². The van der Waals surface area contributed by atoms with Gasteiger partial charge in [0.1, 0.15) is 0 Å². The lowest BCUT2D eigenvalue weighted by molar-refractivity contribution is 0.0858. The molecule has 1 aliphatic heterocycles. The molecule has 2 amide bonds. The quantitative estimate of drug-likeness (QED) is 0.709. The average molecular weight is 385 g/mol. The predicted molar refractivity (Wildman–Crippen MR) is 109 cm³/mol. The van der Waals surface area contributed by atoms with Gasteiger partial charge in [0.15, 0.2) is 0 Å². The first-order chi connectivity index (χ1) is 13.2. The van der Waals surface area contributed by atoms with Gasteiger partial charge in [-0.3, -0.25) is 9.59 Å². The number of hydrogen-bond acceptors (Lipinski definition) is 4. The standard InChI is InChI=1S/C21H24N2O3S/c1-2-27-19-12-6-4-10-17(19)21(25)23-18-11-5-3-9-16(18)20(24)22-14-15-8-7-13-26-15/h3-6,9-12,15H,2,7-8,13-14H2,1H3,(H,22,24)(H,23,25). The van der Waals surface area contributed by atoms with Gasteiger partial charge in [-0.1, -0.05) is 31.2 Å². The largest absolute Gasteiger partial charge is 0.376 e. The highest BCUT2D eigenvalue weighted by Gasteiger charge is 2.19. The van der Waals surface area contributed by atoms with Crippen LogP contribution in [0.5, 0.6) is 0 Å². The molecular weight excluding hydrogens is 360 g/mol. The third kappa shape index (κ3) is 5.11. The highest BCUT2D eigenvalue weighted by Crippen LogP contribution is 2.24. The van der Waals surface area contributed by atoms with Gasteiger partial charge in [-0.05, 0) is 42.9 Å². The number of benzene rings is 2. The zero-order valence-electron chi connectivity index (χ0n) is 15.4. The van der Waals surface area contributed by atoms with E-state index in [1.54, 1.807) is 42.1 Å². The van der Waals surface area contributed by atoms with Crippen molar-refractivity contribution in [3.05, 3.63) is 59.7 Å². The maximum absolute atomic E-state index is 12.8.